The molecular weight excluding hydrogens is 200 g/mol. The summed E-state index contributed by atoms with van der Waals surface area (Å²) in [6.07, 6.45) is 4.10. The van der Waals surface area contributed by atoms with Gasteiger partial charge < -0.3 is 10.6 Å². The topological polar surface area (TPSA) is 57.9 Å². The molecule has 1 fully saturated rings. The van der Waals surface area contributed by atoms with E-state index in [9.17, 15) is 0 Å². The van der Waals surface area contributed by atoms with Crippen molar-refractivity contribution in [1.82, 2.24) is 10.2 Å². The fourth-order valence-corrected chi connectivity index (χ4v) is 2.21. The number of nitrogens with zero attached hydrogens (tertiary/aromatic N) is 2. The third kappa shape index (κ3) is 2.21. The van der Waals surface area contributed by atoms with Gasteiger partial charge in [0.15, 0.2) is 0 Å². The van der Waals surface area contributed by atoms with Crippen LogP contribution in [0.15, 0.2) is 6.20 Å². The van der Waals surface area contributed by atoms with Crippen LogP contribution in [-0.2, 0) is 5.41 Å². The number of anilines is 1. The van der Waals surface area contributed by atoms with Crippen LogP contribution in [-0.4, -0.2) is 29.3 Å². The molecule has 90 valence electrons. The molecule has 0 radical (unpaired) electrons. The summed E-state index contributed by atoms with van der Waals surface area (Å²) in [5.74, 6) is 0. The Labute approximate surface area is 97.2 Å². The molecule has 16 heavy (non-hydrogen) atoms. The van der Waals surface area contributed by atoms with E-state index >= 15 is 0 Å². The third-order valence-electron chi connectivity index (χ3n) is 3.25. The smallest absolute Gasteiger partial charge is 0.0787 e. The van der Waals surface area contributed by atoms with Gasteiger partial charge in [-0.25, -0.2) is 0 Å². The Kier molecular flexibility index (Phi) is 2.93. The third-order valence-corrected chi connectivity index (χ3v) is 3.25. The quantitative estimate of drug-likeness (QED) is 0.759. The van der Waals surface area contributed by atoms with E-state index in [1.165, 1.54) is 11.4 Å². The van der Waals surface area contributed by atoms with Crippen molar-refractivity contribution < 1.29 is 0 Å². The van der Waals surface area contributed by atoms with Crippen LogP contribution < -0.4 is 10.6 Å². The van der Waals surface area contributed by atoms with E-state index in [0.717, 1.165) is 25.9 Å². The Hall–Kier alpha value is -1.03. The van der Waals surface area contributed by atoms with Crippen molar-refractivity contribution in [2.24, 2.45) is 5.73 Å². The predicted molar refractivity (Wildman–Crippen MR) is 66.7 cm³/mol. The molecule has 0 bridgehead atoms. The molecule has 1 aliphatic heterocycles. The second-order valence-electron chi connectivity index (χ2n) is 5.70. The van der Waals surface area contributed by atoms with Gasteiger partial charge in [0.25, 0.3) is 0 Å². The van der Waals surface area contributed by atoms with Gasteiger partial charge in [-0.3, -0.25) is 5.10 Å². The second kappa shape index (κ2) is 4.09. The number of nitrogens with one attached hydrogen (secondary N) is 1. The lowest BCUT2D eigenvalue weighted by Crippen LogP contribution is -2.40. The van der Waals surface area contributed by atoms with Crippen molar-refractivity contribution in [1.29, 1.82) is 0 Å². The van der Waals surface area contributed by atoms with Gasteiger partial charge in [-0.1, -0.05) is 20.8 Å². The van der Waals surface area contributed by atoms with Crippen LogP contribution in [0.1, 0.15) is 39.3 Å². The standard InChI is InChI=1S/C12H22N4/c1-12(2,3)11-10(8-14-15-11)16-6-4-9(13)5-7-16/h8-9H,4-7,13H2,1-3H3,(H,14,15). The molecule has 0 aromatic carbocycles. The molecule has 0 unspecified atom stereocenters. The first-order chi connectivity index (χ1) is 7.48. The largest absolute Gasteiger partial charge is 0.369 e. The Balaban J connectivity index is 2.18. The molecule has 4 nitrogen and oxygen atoms in total. The maximum Gasteiger partial charge on any atom is 0.0787 e. The first-order valence-corrected chi connectivity index (χ1v) is 6.03. The van der Waals surface area contributed by atoms with E-state index in [1.54, 1.807) is 0 Å². The highest BCUT2D eigenvalue weighted by Gasteiger charge is 2.25. The monoisotopic (exact) mass is 222 g/mol. The number of aromatic amines is 1. The molecule has 3 N–H and O–H groups in total. The van der Waals surface area contributed by atoms with Crippen LogP contribution >= 0.6 is 0 Å². The Morgan fingerprint density at radius 2 is 2.00 bits per heavy atom. The van der Waals surface area contributed by atoms with Crippen molar-refractivity contribution in [3.05, 3.63) is 11.9 Å². The van der Waals surface area contributed by atoms with Crippen LogP contribution in [0.25, 0.3) is 0 Å². The lowest BCUT2D eigenvalue weighted by atomic mass is 9.90. The van der Waals surface area contributed by atoms with E-state index in [0.29, 0.717) is 6.04 Å². The highest BCUT2D eigenvalue weighted by atomic mass is 15.2. The predicted octanol–water partition coefficient (Wildman–Crippen LogP) is 1.63. The van der Waals surface area contributed by atoms with Crippen LogP contribution in [0.4, 0.5) is 5.69 Å². The minimum Gasteiger partial charge on any atom is -0.369 e. The van der Waals surface area contributed by atoms with Gasteiger partial charge in [0.1, 0.15) is 0 Å². The first kappa shape index (κ1) is 11.5. The molecule has 1 aromatic rings. The zero-order chi connectivity index (χ0) is 11.8. The molecule has 0 saturated carbocycles. The van der Waals surface area contributed by atoms with Crippen LogP contribution in [0.2, 0.25) is 0 Å². The zero-order valence-corrected chi connectivity index (χ0v) is 10.5. The van der Waals surface area contributed by atoms with Crippen LogP contribution in [0, 0.1) is 0 Å². The lowest BCUT2D eigenvalue weighted by Gasteiger charge is -2.33. The normalized spacial score (nSPS) is 19.1. The van der Waals surface area contributed by atoms with Crippen molar-refractivity contribution in [2.75, 3.05) is 18.0 Å². The maximum absolute atomic E-state index is 5.92. The lowest BCUT2D eigenvalue weighted by molar-refractivity contribution is 0.495. The molecule has 1 aromatic heterocycles. The highest BCUT2D eigenvalue weighted by Crippen LogP contribution is 2.31. The van der Waals surface area contributed by atoms with Crippen molar-refractivity contribution >= 4 is 5.69 Å². The van der Waals surface area contributed by atoms with Gasteiger partial charge in [-0.15, -0.1) is 0 Å². The molecule has 2 rings (SSSR count). The van der Waals surface area contributed by atoms with Gasteiger partial charge in [0.2, 0.25) is 0 Å². The molecule has 0 aliphatic carbocycles. The maximum atomic E-state index is 5.92. The van der Waals surface area contributed by atoms with Crippen molar-refractivity contribution in [3.8, 4) is 0 Å². The number of hydrogen-bond acceptors (Lipinski definition) is 3. The molecule has 1 aliphatic rings. The molecule has 0 atom stereocenters. The highest BCUT2D eigenvalue weighted by molar-refractivity contribution is 5.52. The fraction of sp³-hybridized carbons (Fsp3) is 0.750. The van der Waals surface area contributed by atoms with Gasteiger partial charge >= 0.3 is 0 Å². The number of aromatic nitrogens is 2. The minimum absolute atomic E-state index is 0.116. The minimum atomic E-state index is 0.116. The van der Waals surface area contributed by atoms with Crippen LogP contribution in [0.5, 0.6) is 0 Å². The first-order valence-electron chi connectivity index (χ1n) is 6.03. The Morgan fingerprint density at radius 3 is 2.56 bits per heavy atom. The zero-order valence-electron chi connectivity index (χ0n) is 10.5. The average molecular weight is 222 g/mol. The number of hydrogen-bond donors (Lipinski definition) is 2. The van der Waals surface area contributed by atoms with Gasteiger partial charge in [0, 0.05) is 24.5 Å². The summed E-state index contributed by atoms with van der Waals surface area (Å²) in [5, 5.41) is 7.32. The Morgan fingerprint density at radius 1 is 1.38 bits per heavy atom. The van der Waals surface area contributed by atoms with Gasteiger partial charge in [0.05, 0.1) is 17.6 Å². The van der Waals surface area contributed by atoms with E-state index in [4.69, 9.17) is 5.73 Å². The average Bonchev–Trinajstić information content (AvgIpc) is 2.66. The summed E-state index contributed by atoms with van der Waals surface area (Å²) < 4.78 is 0. The molecular formula is C12H22N4. The fourth-order valence-electron chi connectivity index (χ4n) is 2.21. The van der Waals surface area contributed by atoms with Crippen molar-refractivity contribution in [2.45, 2.75) is 45.1 Å². The van der Waals surface area contributed by atoms with Gasteiger partial charge in [-0.2, -0.15) is 5.10 Å². The number of piperidine rings is 1. The summed E-state index contributed by atoms with van der Waals surface area (Å²) in [6.45, 7) is 8.71. The van der Waals surface area contributed by atoms with Crippen molar-refractivity contribution in [3.63, 3.8) is 0 Å². The number of H-pyrrole nitrogens is 1. The van der Waals surface area contributed by atoms with E-state index < -0.39 is 0 Å². The summed E-state index contributed by atoms with van der Waals surface area (Å²) >= 11 is 0. The molecule has 4 heteroatoms. The molecule has 2 heterocycles. The number of nitrogens with two attached hydrogens (primary N) is 1. The van der Waals surface area contributed by atoms with E-state index in [1.807, 2.05) is 6.20 Å². The summed E-state index contributed by atoms with van der Waals surface area (Å²) in [7, 11) is 0. The number of rotatable bonds is 1. The molecule has 0 amide bonds. The summed E-state index contributed by atoms with van der Waals surface area (Å²) in [4.78, 5) is 2.40. The van der Waals surface area contributed by atoms with Gasteiger partial charge in [-0.05, 0) is 12.8 Å². The molecule has 0 spiro atoms. The SMILES string of the molecule is CC(C)(C)c1[nH]ncc1N1CCC(N)CC1. The summed E-state index contributed by atoms with van der Waals surface area (Å²) in [5.41, 5.74) is 8.51. The van der Waals surface area contributed by atoms with E-state index in [-0.39, 0.29) is 5.41 Å². The van der Waals surface area contributed by atoms with E-state index in [2.05, 4.69) is 35.9 Å². The Bertz CT molecular complexity index is 342. The molecule has 1 saturated heterocycles. The van der Waals surface area contributed by atoms with Crippen LogP contribution in [0.3, 0.4) is 0 Å². The second-order valence-corrected chi connectivity index (χ2v) is 5.70. The summed E-state index contributed by atoms with van der Waals surface area (Å²) in [6, 6.07) is 0.376.